The quantitative estimate of drug-likeness (QED) is 0.890. The summed E-state index contributed by atoms with van der Waals surface area (Å²) in [6.07, 6.45) is 0. The average molecular weight is 315 g/mol. The number of halogens is 1. The van der Waals surface area contributed by atoms with Crippen LogP contribution in [0.4, 0.5) is 4.39 Å². The molecule has 2 N–H and O–H groups in total. The van der Waals surface area contributed by atoms with Crippen molar-refractivity contribution in [1.82, 2.24) is 4.72 Å². The number of thiophene rings is 1. The van der Waals surface area contributed by atoms with Crippen LogP contribution in [0.5, 0.6) is 0 Å². The van der Waals surface area contributed by atoms with Gasteiger partial charge >= 0.3 is 0 Å². The number of benzene rings is 1. The van der Waals surface area contributed by atoms with Crippen molar-refractivity contribution in [3.63, 3.8) is 0 Å². The van der Waals surface area contributed by atoms with Crippen molar-refractivity contribution >= 4 is 21.4 Å². The molecule has 0 spiro atoms. The van der Waals surface area contributed by atoms with Crippen LogP contribution in [0.2, 0.25) is 0 Å². The van der Waals surface area contributed by atoms with Crippen molar-refractivity contribution in [1.29, 1.82) is 0 Å². The van der Waals surface area contributed by atoms with E-state index in [1.807, 2.05) is 0 Å². The molecule has 7 heteroatoms. The minimum atomic E-state index is -3.73. The number of aliphatic hydroxyl groups is 1. The Morgan fingerprint density at radius 1 is 1.40 bits per heavy atom. The van der Waals surface area contributed by atoms with Gasteiger partial charge in [0.15, 0.2) is 0 Å². The average Bonchev–Trinajstić information content (AvgIpc) is 2.88. The van der Waals surface area contributed by atoms with Gasteiger partial charge in [-0.2, -0.15) is 0 Å². The maximum Gasteiger partial charge on any atom is 0.241 e. The van der Waals surface area contributed by atoms with Crippen molar-refractivity contribution in [3.8, 4) is 0 Å². The van der Waals surface area contributed by atoms with Gasteiger partial charge in [0.1, 0.15) is 5.82 Å². The van der Waals surface area contributed by atoms with E-state index in [0.29, 0.717) is 4.88 Å². The van der Waals surface area contributed by atoms with Crippen LogP contribution < -0.4 is 4.72 Å². The number of sulfonamides is 1. The molecule has 0 radical (unpaired) electrons. The van der Waals surface area contributed by atoms with Gasteiger partial charge in [-0.25, -0.2) is 17.5 Å². The van der Waals surface area contributed by atoms with Gasteiger partial charge in [-0.05, 0) is 19.1 Å². The van der Waals surface area contributed by atoms with E-state index < -0.39 is 21.9 Å². The summed E-state index contributed by atoms with van der Waals surface area (Å²) in [5.74, 6) is -0.455. The molecule has 1 atom stereocenters. The summed E-state index contributed by atoms with van der Waals surface area (Å²) >= 11 is 1.16. The molecule has 4 nitrogen and oxygen atoms in total. The third kappa shape index (κ3) is 3.24. The van der Waals surface area contributed by atoms with Crippen LogP contribution in [0.1, 0.15) is 23.4 Å². The molecule has 108 valence electrons. The van der Waals surface area contributed by atoms with Gasteiger partial charge < -0.3 is 5.11 Å². The molecule has 2 rings (SSSR count). The van der Waals surface area contributed by atoms with Crippen molar-refractivity contribution in [2.24, 2.45) is 0 Å². The van der Waals surface area contributed by atoms with Crippen LogP contribution >= 0.6 is 11.3 Å². The van der Waals surface area contributed by atoms with Crippen LogP contribution in [-0.2, 0) is 16.6 Å². The summed E-state index contributed by atoms with van der Waals surface area (Å²) in [6, 6.07) is 6.74. The largest absolute Gasteiger partial charge is 0.391 e. The lowest BCUT2D eigenvalue weighted by atomic mass is 10.1. The molecule has 0 aliphatic carbocycles. The molecular formula is C13H14FNO3S2. The fourth-order valence-corrected chi connectivity index (χ4v) is 4.13. The van der Waals surface area contributed by atoms with Crippen molar-refractivity contribution < 1.29 is 17.9 Å². The number of rotatable bonds is 5. The predicted octanol–water partition coefficient (Wildman–Crippen LogP) is 2.42. The van der Waals surface area contributed by atoms with E-state index in [1.54, 1.807) is 19.1 Å². The van der Waals surface area contributed by atoms with E-state index in [1.165, 1.54) is 23.6 Å². The van der Waals surface area contributed by atoms with Gasteiger partial charge in [-0.3, -0.25) is 0 Å². The zero-order valence-corrected chi connectivity index (χ0v) is 12.3. The summed E-state index contributed by atoms with van der Waals surface area (Å²) in [7, 11) is -3.73. The lowest BCUT2D eigenvalue weighted by Gasteiger charge is -2.14. The first-order chi connectivity index (χ1) is 9.44. The lowest BCUT2D eigenvalue weighted by molar-refractivity contribution is 0.285. The second kappa shape index (κ2) is 6.01. The molecule has 1 aromatic carbocycles. The Morgan fingerprint density at radius 3 is 2.70 bits per heavy atom. The third-order valence-electron chi connectivity index (χ3n) is 2.80. The molecule has 1 aromatic heterocycles. The summed E-state index contributed by atoms with van der Waals surface area (Å²) in [4.78, 5) is 0.638. The minimum Gasteiger partial charge on any atom is -0.391 e. The first kappa shape index (κ1) is 15.1. The van der Waals surface area contributed by atoms with Crippen LogP contribution in [0, 0.1) is 5.82 Å². The molecule has 0 aliphatic rings. The zero-order chi connectivity index (χ0) is 14.8. The van der Waals surface area contributed by atoms with E-state index in [9.17, 15) is 12.8 Å². The molecule has 0 amide bonds. The highest BCUT2D eigenvalue weighted by molar-refractivity contribution is 7.89. The maximum absolute atomic E-state index is 13.6. The highest BCUT2D eigenvalue weighted by Gasteiger charge is 2.21. The first-order valence-electron chi connectivity index (χ1n) is 5.89. The maximum atomic E-state index is 13.6. The molecule has 2 aromatic rings. The van der Waals surface area contributed by atoms with Gasteiger partial charge in [0.25, 0.3) is 0 Å². The Kier molecular flexibility index (Phi) is 4.54. The second-order valence-electron chi connectivity index (χ2n) is 4.27. The Balaban J connectivity index is 2.22. The Bertz CT molecular complexity index is 697. The molecule has 20 heavy (non-hydrogen) atoms. The molecule has 0 aliphatic heterocycles. The van der Waals surface area contributed by atoms with E-state index in [2.05, 4.69) is 4.72 Å². The number of hydrogen-bond donors (Lipinski definition) is 2. The van der Waals surface area contributed by atoms with E-state index >= 15 is 0 Å². The predicted molar refractivity (Wildman–Crippen MR) is 75.4 cm³/mol. The van der Waals surface area contributed by atoms with Gasteiger partial charge in [-0.15, -0.1) is 11.3 Å². The molecule has 0 saturated carbocycles. The van der Waals surface area contributed by atoms with Crippen LogP contribution in [0.3, 0.4) is 0 Å². The van der Waals surface area contributed by atoms with Gasteiger partial charge in [0, 0.05) is 21.9 Å². The number of aliphatic hydroxyl groups excluding tert-OH is 1. The van der Waals surface area contributed by atoms with E-state index in [-0.39, 0.29) is 17.1 Å². The summed E-state index contributed by atoms with van der Waals surface area (Å²) < 4.78 is 40.3. The fourth-order valence-electron chi connectivity index (χ4n) is 1.77. The molecule has 0 bridgehead atoms. The first-order valence-corrected chi connectivity index (χ1v) is 8.25. The standard InChI is InChI=1S/C13H14FNO3S2/c1-9(12-4-2-3-5-13(12)14)15-20(17,18)11-6-10(7-16)19-8-11/h2-6,8-9,15-16H,7H2,1H3. The molecular weight excluding hydrogens is 301 g/mol. The van der Waals surface area contributed by atoms with Gasteiger partial charge in [0.2, 0.25) is 10.0 Å². The van der Waals surface area contributed by atoms with Crippen molar-refractivity contribution in [3.05, 3.63) is 52.0 Å². The van der Waals surface area contributed by atoms with Gasteiger partial charge in [-0.1, -0.05) is 18.2 Å². The smallest absolute Gasteiger partial charge is 0.241 e. The number of hydrogen-bond acceptors (Lipinski definition) is 4. The van der Waals surface area contributed by atoms with Crippen molar-refractivity contribution in [2.75, 3.05) is 0 Å². The summed E-state index contributed by atoms with van der Waals surface area (Å²) in [6.45, 7) is 1.37. The number of nitrogens with one attached hydrogen (secondary N) is 1. The molecule has 0 fully saturated rings. The summed E-state index contributed by atoms with van der Waals surface area (Å²) in [5.41, 5.74) is 0.286. The molecule has 0 saturated heterocycles. The zero-order valence-electron chi connectivity index (χ0n) is 10.7. The van der Waals surface area contributed by atoms with Gasteiger partial charge in [0.05, 0.1) is 11.5 Å². The van der Waals surface area contributed by atoms with E-state index in [4.69, 9.17) is 5.11 Å². The normalized spacial score (nSPS) is 13.3. The monoisotopic (exact) mass is 315 g/mol. The van der Waals surface area contributed by atoms with E-state index in [0.717, 1.165) is 11.3 Å². The highest BCUT2D eigenvalue weighted by atomic mass is 32.2. The third-order valence-corrected chi connectivity index (χ3v) is 5.39. The molecule has 1 unspecified atom stereocenters. The van der Waals surface area contributed by atoms with Crippen LogP contribution in [0.25, 0.3) is 0 Å². The molecule has 1 heterocycles. The Morgan fingerprint density at radius 2 is 2.10 bits per heavy atom. The van der Waals surface area contributed by atoms with Crippen LogP contribution in [0.15, 0.2) is 40.6 Å². The highest BCUT2D eigenvalue weighted by Crippen LogP contribution is 2.22. The summed E-state index contributed by atoms with van der Waals surface area (Å²) in [5, 5.41) is 10.4. The Hall–Kier alpha value is -1.28. The second-order valence-corrected chi connectivity index (χ2v) is 6.98. The topological polar surface area (TPSA) is 66.4 Å². The SMILES string of the molecule is CC(NS(=O)(=O)c1csc(CO)c1)c1ccccc1F. The lowest BCUT2D eigenvalue weighted by Crippen LogP contribution is -2.27. The van der Waals surface area contributed by atoms with Crippen molar-refractivity contribution in [2.45, 2.75) is 24.5 Å². The van der Waals surface area contributed by atoms with Crippen LogP contribution in [-0.4, -0.2) is 13.5 Å². The minimum absolute atomic E-state index is 0.0785. The Labute approximate surface area is 120 Å². The fraction of sp³-hybridized carbons (Fsp3) is 0.231.